The third kappa shape index (κ3) is 2.43. The largest absolute Gasteiger partial charge is 0.393 e. The first-order chi connectivity index (χ1) is 12.9. The van der Waals surface area contributed by atoms with E-state index in [0.29, 0.717) is 23.3 Å². The number of pyridine rings is 1. The van der Waals surface area contributed by atoms with Crippen molar-refractivity contribution in [2.75, 3.05) is 0 Å². The molecule has 3 unspecified atom stereocenters. The van der Waals surface area contributed by atoms with Crippen LogP contribution in [0.2, 0.25) is 0 Å². The predicted octanol–water partition coefficient (Wildman–Crippen LogP) is 5.54. The highest BCUT2D eigenvalue weighted by Crippen LogP contribution is 2.66. The number of rotatable bonds is 1. The van der Waals surface area contributed by atoms with Crippen molar-refractivity contribution in [3.63, 3.8) is 0 Å². The van der Waals surface area contributed by atoms with Crippen LogP contribution in [0.3, 0.4) is 0 Å². The average Bonchev–Trinajstić information content (AvgIpc) is 3.00. The molecule has 2 saturated carbocycles. The highest BCUT2D eigenvalue weighted by molar-refractivity contribution is 5.72. The lowest BCUT2D eigenvalue weighted by atomic mass is 9.47. The molecule has 0 saturated heterocycles. The molecule has 2 fully saturated rings. The van der Waals surface area contributed by atoms with Gasteiger partial charge in [-0.05, 0) is 85.2 Å². The number of aliphatic hydroxyl groups excluding tert-OH is 1. The zero-order chi connectivity index (χ0) is 18.8. The Morgan fingerprint density at radius 3 is 2.70 bits per heavy atom. The van der Waals surface area contributed by atoms with Gasteiger partial charge in [0.2, 0.25) is 0 Å². The smallest absolute Gasteiger partial charge is 0.133 e. The van der Waals surface area contributed by atoms with E-state index in [1.807, 2.05) is 0 Å². The quantitative estimate of drug-likeness (QED) is 0.661. The van der Waals surface area contributed by atoms with Crippen LogP contribution in [0.15, 0.2) is 36.2 Å². The number of aromatic nitrogens is 1. The summed E-state index contributed by atoms with van der Waals surface area (Å²) in [6.45, 7) is 4.82. The van der Waals surface area contributed by atoms with Crippen molar-refractivity contribution in [2.24, 2.45) is 28.6 Å². The second-order valence-corrected chi connectivity index (χ2v) is 9.82. The number of halogens is 1. The first-order valence-corrected chi connectivity index (χ1v) is 10.6. The second kappa shape index (κ2) is 6.01. The van der Waals surface area contributed by atoms with E-state index in [1.54, 1.807) is 6.20 Å². The van der Waals surface area contributed by atoms with E-state index >= 15 is 0 Å². The van der Waals surface area contributed by atoms with Gasteiger partial charge in [0, 0.05) is 18.0 Å². The van der Waals surface area contributed by atoms with Gasteiger partial charge in [0.25, 0.3) is 0 Å². The maximum Gasteiger partial charge on any atom is 0.133 e. The minimum Gasteiger partial charge on any atom is -0.393 e. The molecule has 5 rings (SSSR count). The van der Waals surface area contributed by atoms with Crippen LogP contribution in [-0.4, -0.2) is 16.2 Å². The first kappa shape index (κ1) is 17.6. The molecular formula is C24H30FNO. The topological polar surface area (TPSA) is 33.1 Å². The SMILES string of the molecule is C[C@]12CC[C@H](O)CC1=CCC1C2CC[C@]2(C)C(c3cnccc3F)=CCC12. The third-order valence-electron chi connectivity index (χ3n) is 8.72. The molecule has 0 spiro atoms. The van der Waals surface area contributed by atoms with Gasteiger partial charge in [0.1, 0.15) is 5.82 Å². The summed E-state index contributed by atoms with van der Waals surface area (Å²) in [6, 6.07) is 1.49. The van der Waals surface area contributed by atoms with E-state index < -0.39 is 0 Å². The van der Waals surface area contributed by atoms with Crippen LogP contribution in [0.4, 0.5) is 4.39 Å². The van der Waals surface area contributed by atoms with Crippen LogP contribution >= 0.6 is 0 Å². The normalized spacial score (nSPS) is 43.3. The minimum atomic E-state index is -0.150. The molecule has 0 amide bonds. The lowest BCUT2D eigenvalue weighted by Crippen LogP contribution is -2.49. The van der Waals surface area contributed by atoms with E-state index in [9.17, 15) is 9.50 Å². The van der Waals surface area contributed by atoms with Gasteiger partial charge >= 0.3 is 0 Å². The summed E-state index contributed by atoms with van der Waals surface area (Å²) in [7, 11) is 0. The van der Waals surface area contributed by atoms with E-state index in [1.165, 1.54) is 29.8 Å². The van der Waals surface area contributed by atoms with Crippen molar-refractivity contribution in [3.05, 3.63) is 47.6 Å². The number of aliphatic hydroxyl groups is 1. The van der Waals surface area contributed by atoms with Gasteiger partial charge < -0.3 is 5.11 Å². The van der Waals surface area contributed by atoms with E-state index in [2.05, 4.69) is 31.0 Å². The number of hydrogen-bond donors (Lipinski definition) is 1. The zero-order valence-corrected chi connectivity index (χ0v) is 16.4. The van der Waals surface area contributed by atoms with Crippen LogP contribution < -0.4 is 0 Å². The van der Waals surface area contributed by atoms with Gasteiger partial charge in [-0.25, -0.2) is 4.39 Å². The molecule has 0 aliphatic heterocycles. The Kier molecular flexibility index (Phi) is 3.92. The van der Waals surface area contributed by atoms with Crippen molar-refractivity contribution >= 4 is 5.57 Å². The highest BCUT2D eigenvalue weighted by atomic mass is 19.1. The summed E-state index contributed by atoms with van der Waals surface area (Å²) >= 11 is 0. The van der Waals surface area contributed by atoms with Crippen molar-refractivity contribution in [3.8, 4) is 0 Å². The van der Waals surface area contributed by atoms with E-state index in [-0.39, 0.29) is 22.8 Å². The molecule has 2 nitrogen and oxygen atoms in total. The molecule has 144 valence electrons. The molecule has 1 N–H and O–H groups in total. The summed E-state index contributed by atoms with van der Waals surface area (Å²) < 4.78 is 14.5. The fourth-order valence-electron chi connectivity index (χ4n) is 7.20. The molecule has 6 atom stereocenters. The number of allylic oxidation sites excluding steroid dienone is 3. The Bertz CT molecular complexity index is 829. The lowest BCUT2D eigenvalue weighted by molar-refractivity contribution is -0.0238. The highest BCUT2D eigenvalue weighted by Gasteiger charge is 2.56. The molecule has 0 radical (unpaired) electrons. The number of nitrogens with zero attached hydrogens (tertiary/aromatic N) is 1. The lowest BCUT2D eigenvalue weighted by Gasteiger charge is -2.57. The van der Waals surface area contributed by atoms with Gasteiger partial charge in [0.15, 0.2) is 0 Å². The van der Waals surface area contributed by atoms with Crippen molar-refractivity contribution in [1.82, 2.24) is 4.98 Å². The monoisotopic (exact) mass is 367 g/mol. The van der Waals surface area contributed by atoms with Crippen molar-refractivity contribution in [2.45, 2.75) is 64.9 Å². The fraction of sp³-hybridized carbons (Fsp3) is 0.625. The number of fused-ring (bicyclic) bond motifs is 5. The van der Waals surface area contributed by atoms with E-state index in [4.69, 9.17) is 0 Å². The predicted molar refractivity (Wildman–Crippen MR) is 105 cm³/mol. The minimum absolute atomic E-state index is 0.0565. The molecule has 0 bridgehead atoms. The fourth-order valence-corrected chi connectivity index (χ4v) is 7.20. The van der Waals surface area contributed by atoms with Gasteiger partial charge in [-0.3, -0.25) is 4.98 Å². The summed E-state index contributed by atoms with van der Waals surface area (Å²) in [5, 5.41) is 10.1. The summed E-state index contributed by atoms with van der Waals surface area (Å²) in [5.74, 6) is 1.82. The molecular weight excluding hydrogens is 337 g/mol. The molecule has 1 aromatic rings. The zero-order valence-electron chi connectivity index (χ0n) is 16.4. The Balaban J connectivity index is 1.49. The average molecular weight is 368 g/mol. The standard InChI is InChI=1S/C24H30FNO/c1-23-10-7-16(27)13-15(23)3-4-17-19-5-6-20(18-14-26-12-9-22(18)25)24(19,2)11-8-21(17)23/h3,6,9,12,14,16-17,19,21,27H,4-5,7-8,10-11,13H2,1-2H3/t16-,17?,19?,21?,23-,24-/m0/s1. The maximum absolute atomic E-state index is 14.5. The maximum atomic E-state index is 14.5. The Morgan fingerprint density at radius 2 is 1.89 bits per heavy atom. The van der Waals surface area contributed by atoms with Crippen LogP contribution in [0.25, 0.3) is 5.57 Å². The molecule has 27 heavy (non-hydrogen) atoms. The van der Waals surface area contributed by atoms with Crippen LogP contribution in [0.1, 0.15) is 64.4 Å². The molecule has 0 aromatic carbocycles. The Morgan fingerprint density at radius 1 is 1.07 bits per heavy atom. The van der Waals surface area contributed by atoms with Crippen molar-refractivity contribution in [1.29, 1.82) is 0 Å². The Hall–Kier alpha value is -1.48. The third-order valence-corrected chi connectivity index (χ3v) is 8.72. The second-order valence-electron chi connectivity index (χ2n) is 9.82. The summed E-state index contributed by atoms with van der Waals surface area (Å²) in [5.41, 5.74) is 3.72. The molecule has 1 heterocycles. The van der Waals surface area contributed by atoms with E-state index in [0.717, 1.165) is 38.5 Å². The van der Waals surface area contributed by atoms with Gasteiger partial charge in [-0.15, -0.1) is 0 Å². The van der Waals surface area contributed by atoms with Crippen molar-refractivity contribution < 1.29 is 9.50 Å². The number of hydrogen-bond acceptors (Lipinski definition) is 2. The van der Waals surface area contributed by atoms with Crippen LogP contribution in [0.5, 0.6) is 0 Å². The molecule has 4 aliphatic rings. The van der Waals surface area contributed by atoms with Gasteiger partial charge in [0.05, 0.1) is 6.10 Å². The first-order valence-electron chi connectivity index (χ1n) is 10.6. The summed E-state index contributed by atoms with van der Waals surface area (Å²) in [6.07, 6.45) is 15.3. The Labute approximate surface area is 161 Å². The van der Waals surface area contributed by atoms with Crippen LogP contribution in [-0.2, 0) is 0 Å². The van der Waals surface area contributed by atoms with Crippen LogP contribution in [0, 0.1) is 34.4 Å². The van der Waals surface area contributed by atoms with Gasteiger partial charge in [-0.2, -0.15) is 0 Å². The molecule has 3 heteroatoms. The molecule has 1 aromatic heterocycles. The summed E-state index contributed by atoms with van der Waals surface area (Å²) in [4.78, 5) is 4.20. The van der Waals surface area contributed by atoms with Gasteiger partial charge in [-0.1, -0.05) is 31.6 Å². The molecule has 4 aliphatic carbocycles.